The van der Waals surface area contributed by atoms with Crippen molar-refractivity contribution in [1.29, 1.82) is 5.26 Å². The van der Waals surface area contributed by atoms with Gasteiger partial charge in [-0.15, -0.1) is 11.8 Å². The third-order valence-electron chi connectivity index (χ3n) is 9.31. The van der Waals surface area contributed by atoms with E-state index in [1.54, 1.807) is 7.11 Å². The first kappa shape index (κ1) is 34.6. The largest absolute Gasteiger partial charge is 0.368 e. The molecule has 7 rings (SSSR count). The topological polar surface area (TPSA) is 107 Å². The van der Waals surface area contributed by atoms with Gasteiger partial charge in [-0.05, 0) is 31.9 Å². The van der Waals surface area contributed by atoms with Gasteiger partial charge in [0.25, 0.3) is 0 Å². The molecule has 4 heterocycles. The number of ether oxygens (including phenoxy) is 9. The van der Waals surface area contributed by atoms with Crippen LogP contribution >= 0.6 is 11.8 Å². The fourth-order valence-corrected chi connectivity index (χ4v) is 8.18. The van der Waals surface area contributed by atoms with Crippen LogP contribution in [0.25, 0.3) is 0 Å². The third kappa shape index (κ3) is 7.32. The Morgan fingerprint density at radius 3 is 1.94 bits per heavy atom. The van der Waals surface area contributed by atoms with Crippen LogP contribution < -0.4 is 0 Å². The highest BCUT2D eigenvalue weighted by Gasteiger charge is 2.59. The van der Waals surface area contributed by atoms with Crippen LogP contribution in [0.2, 0.25) is 0 Å². The molecule has 0 amide bonds. The molecular weight excluding hydrogens is 646 g/mol. The van der Waals surface area contributed by atoms with Crippen LogP contribution in [0.15, 0.2) is 91.0 Å². The number of rotatable bonds is 10. The summed E-state index contributed by atoms with van der Waals surface area (Å²) < 4.78 is 58.5. The molecule has 0 aromatic heterocycles. The highest BCUT2D eigenvalue weighted by molar-refractivity contribution is 8.00. The van der Waals surface area contributed by atoms with Crippen molar-refractivity contribution in [2.45, 2.75) is 106 Å². The Morgan fingerprint density at radius 1 is 0.735 bits per heavy atom. The number of hydrogen-bond donors (Lipinski definition) is 0. The van der Waals surface area contributed by atoms with Crippen LogP contribution in [0.4, 0.5) is 0 Å². The van der Waals surface area contributed by atoms with Gasteiger partial charge in [0.15, 0.2) is 18.4 Å². The molecule has 0 bridgehead atoms. The van der Waals surface area contributed by atoms with E-state index >= 15 is 0 Å². The molecule has 11 heteroatoms. The first-order valence-corrected chi connectivity index (χ1v) is 17.7. The van der Waals surface area contributed by atoms with Crippen LogP contribution in [-0.2, 0) is 60.8 Å². The minimum Gasteiger partial charge on any atom is -0.368 e. The van der Waals surface area contributed by atoms with E-state index in [9.17, 15) is 5.26 Å². The maximum Gasteiger partial charge on any atom is 0.227 e. The van der Waals surface area contributed by atoms with Crippen molar-refractivity contribution >= 4 is 11.8 Å². The Morgan fingerprint density at radius 2 is 1.33 bits per heavy atom. The molecule has 4 aliphatic heterocycles. The molecular formula is C38H43NO9S. The molecule has 11 atom stereocenters. The predicted molar refractivity (Wildman–Crippen MR) is 180 cm³/mol. The normalized spacial score (nSPS) is 36.7. The predicted octanol–water partition coefficient (Wildman–Crippen LogP) is 5.69. The number of hydrogen-bond acceptors (Lipinski definition) is 11. The van der Waals surface area contributed by atoms with Gasteiger partial charge in [0.2, 0.25) is 4.93 Å². The monoisotopic (exact) mass is 689 g/mol. The molecule has 49 heavy (non-hydrogen) atoms. The minimum absolute atomic E-state index is 0.273. The first-order valence-electron chi connectivity index (χ1n) is 16.7. The summed E-state index contributed by atoms with van der Waals surface area (Å²) in [6.07, 6.45) is -6.10. The van der Waals surface area contributed by atoms with Crippen molar-refractivity contribution < 1.29 is 42.6 Å². The first-order chi connectivity index (χ1) is 23.8. The van der Waals surface area contributed by atoms with Crippen molar-refractivity contribution in [3.8, 4) is 6.07 Å². The number of benzene rings is 3. The summed E-state index contributed by atoms with van der Waals surface area (Å²) in [5, 5.41) is 10.6. The lowest BCUT2D eigenvalue weighted by molar-refractivity contribution is -0.357. The molecule has 4 fully saturated rings. The van der Waals surface area contributed by atoms with Gasteiger partial charge in [0.1, 0.15) is 42.7 Å². The Balaban J connectivity index is 1.23. The van der Waals surface area contributed by atoms with Gasteiger partial charge in [0.05, 0.1) is 25.4 Å². The Kier molecular flexibility index (Phi) is 10.4. The summed E-state index contributed by atoms with van der Waals surface area (Å²) in [4.78, 5) is -1.26. The van der Waals surface area contributed by atoms with E-state index in [1.807, 2.05) is 112 Å². The fraction of sp³-hybridized carbons (Fsp3) is 0.500. The molecule has 0 unspecified atom stereocenters. The quantitative estimate of drug-likeness (QED) is 0.262. The van der Waals surface area contributed by atoms with Crippen LogP contribution in [0.3, 0.4) is 0 Å². The van der Waals surface area contributed by atoms with Crippen LogP contribution in [-0.4, -0.2) is 80.1 Å². The smallest absolute Gasteiger partial charge is 0.227 e. The minimum atomic E-state index is -1.26. The van der Waals surface area contributed by atoms with E-state index in [4.69, 9.17) is 42.6 Å². The van der Waals surface area contributed by atoms with Gasteiger partial charge in [-0.3, -0.25) is 0 Å². The second kappa shape index (κ2) is 14.8. The van der Waals surface area contributed by atoms with E-state index in [-0.39, 0.29) is 6.61 Å². The van der Waals surface area contributed by atoms with Gasteiger partial charge in [0, 0.05) is 18.4 Å². The second-order valence-corrected chi connectivity index (χ2v) is 14.4. The zero-order valence-corrected chi connectivity index (χ0v) is 28.9. The van der Waals surface area contributed by atoms with E-state index < -0.39 is 72.1 Å². The Hall–Kier alpha value is -2.86. The summed E-state index contributed by atoms with van der Waals surface area (Å²) in [5.41, 5.74) is 2.73. The number of methoxy groups -OCH3 is 1. The van der Waals surface area contributed by atoms with Gasteiger partial charge in [-0.1, -0.05) is 91.0 Å². The van der Waals surface area contributed by atoms with E-state index in [2.05, 4.69) is 6.07 Å². The van der Waals surface area contributed by atoms with Crippen molar-refractivity contribution in [2.75, 3.05) is 12.9 Å². The number of thioether (sulfide) groups is 1. The highest BCUT2D eigenvalue weighted by atomic mass is 32.2. The maximum absolute atomic E-state index is 10.6. The van der Waals surface area contributed by atoms with E-state index in [1.165, 1.54) is 11.8 Å². The molecule has 0 N–H and O–H groups in total. The SMILES string of the molecule is CO[C@@H]1O[C@@H](C)[C@H](O[C@@H]2O[C@@H]3CS[C@@](C#N)(c4ccccc4)O[C@H]3[C@H](OCc3ccccc3)[C@@H]2OCc2ccccc2)[C@H]2OC(C)(C)O[C@@H]12. The summed E-state index contributed by atoms with van der Waals surface area (Å²) in [6, 6.07) is 31.9. The third-order valence-corrected chi connectivity index (χ3v) is 10.6. The lowest BCUT2D eigenvalue weighted by atomic mass is 9.96. The lowest BCUT2D eigenvalue weighted by Gasteiger charge is -2.52. The number of nitrogens with zero attached hydrogens (tertiary/aromatic N) is 1. The van der Waals surface area contributed by atoms with Gasteiger partial charge >= 0.3 is 0 Å². The van der Waals surface area contributed by atoms with E-state index in [0.717, 1.165) is 16.7 Å². The zero-order valence-electron chi connectivity index (χ0n) is 28.1. The number of fused-ring (bicyclic) bond motifs is 2. The molecule has 3 aromatic carbocycles. The van der Waals surface area contributed by atoms with Crippen LogP contribution in [0.5, 0.6) is 0 Å². The summed E-state index contributed by atoms with van der Waals surface area (Å²) in [5.74, 6) is -0.402. The van der Waals surface area contributed by atoms with Crippen molar-refractivity contribution in [1.82, 2.24) is 0 Å². The average molecular weight is 690 g/mol. The molecule has 3 aromatic rings. The summed E-state index contributed by atoms with van der Waals surface area (Å²) >= 11 is 1.40. The molecule has 0 saturated carbocycles. The molecule has 10 nitrogen and oxygen atoms in total. The summed E-state index contributed by atoms with van der Waals surface area (Å²) in [6.45, 7) is 6.23. The standard InChI is InChI=1S/C38H43NO9S/c1-24-29(32-34(35(40-4)43-24)47-37(2,3)46-32)45-36-33(42-21-26-16-10-6-11-17-26)31(41-20-25-14-8-5-9-15-25)30-28(44-36)22-49-38(23-39,48-30)27-18-12-7-13-19-27/h5-19,24,28-36H,20-22H2,1-4H3/t24-,28+,29-,30+,31-,32+,33-,34+,35+,36-,38-/m0/s1. The highest BCUT2D eigenvalue weighted by Crippen LogP contribution is 2.48. The molecule has 4 aliphatic rings. The number of nitriles is 1. The second-order valence-electron chi connectivity index (χ2n) is 13.2. The Bertz CT molecular complexity index is 1560. The Labute approximate surface area is 291 Å². The molecule has 4 saturated heterocycles. The molecule has 0 spiro atoms. The molecule has 0 aliphatic carbocycles. The van der Waals surface area contributed by atoms with Crippen molar-refractivity contribution in [3.63, 3.8) is 0 Å². The zero-order chi connectivity index (χ0) is 34.0. The fourth-order valence-electron chi connectivity index (χ4n) is 6.97. The van der Waals surface area contributed by atoms with Crippen LogP contribution in [0.1, 0.15) is 37.5 Å². The van der Waals surface area contributed by atoms with Crippen molar-refractivity contribution in [3.05, 3.63) is 108 Å². The van der Waals surface area contributed by atoms with Gasteiger partial charge in [-0.2, -0.15) is 5.26 Å². The van der Waals surface area contributed by atoms with Gasteiger partial charge < -0.3 is 42.6 Å². The molecule has 260 valence electrons. The lowest BCUT2D eigenvalue weighted by Crippen LogP contribution is -2.66. The summed E-state index contributed by atoms with van der Waals surface area (Å²) in [7, 11) is 1.59. The van der Waals surface area contributed by atoms with Crippen molar-refractivity contribution in [2.24, 2.45) is 0 Å². The molecule has 0 radical (unpaired) electrons. The van der Waals surface area contributed by atoms with Gasteiger partial charge in [-0.25, -0.2) is 0 Å². The van der Waals surface area contributed by atoms with E-state index in [0.29, 0.717) is 12.4 Å². The average Bonchev–Trinajstić information content (AvgIpc) is 3.47. The maximum atomic E-state index is 10.6. The van der Waals surface area contributed by atoms with Crippen LogP contribution in [0, 0.1) is 11.3 Å².